The Morgan fingerprint density at radius 1 is 1.27 bits per heavy atom. The van der Waals surface area contributed by atoms with Gasteiger partial charge in [0.15, 0.2) is 0 Å². The van der Waals surface area contributed by atoms with Crippen LogP contribution in [0.2, 0.25) is 5.02 Å². The molecule has 0 saturated heterocycles. The third kappa shape index (κ3) is 2.18. The third-order valence-corrected chi connectivity index (χ3v) is 3.39. The molecular weight excluding hydrogens is 293 g/mol. The normalized spacial score (nSPS) is 10.2. The van der Waals surface area contributed by atoms with Gasteiger partial charge < -0.3 is 5.73 Å². The first-order valence-corrected chi connectivity index (χ1v) is 4.95. The van der Waals surface area contributed by atoms with Gasteiger partial charge in [-0.2, -0.15) is 0 Å². The number of hydrogen-bond donors (Lipinski definition) is 1. The molecule has 0 spiro atoms. The maximum atomic E-state index is 5.87. The summed E-state index contributed by atoms with van der Waals surface area (Å²) in [6, 6.07) is 3.82. The molecule has 0 aliphatic rings. The zero-order valence-electron chi connectivity index (χ0n) is 5.57. The summed E-state index contributed by atoms with van der Waals surface area (Å²) in [5.74, 6) is 0. The molecule has 0 amide bonds. The molecule has 0 aliphatic carbocycles. The van der Waals surface area contributed by atoms with E-state index in [-0.39, 0.29) is 0 Å². The Morgan fingerprint density at radius 2 is 1.73 bits per heavy atom. The van der Waals surface area contributed by atoms with E-state index in [1.165, 1.54) is 0 Å². The molecule has 1 rings (SSSR count). The van der Waals surface area contributed by atoms with Crippen LogP contribution in [0.3, 0.4) is 0 Å². The van der Waals surface area contributed by atoms with Gasteiger partial charge in [0.2, 0.25) is 0 Å². The predicted molar refractivity (Wildman–Crippen MR) is 54.7 cm³/mol. The van der Waals surface area contributed by atoms with E-state index in [0.717, 1.165) is 14.5 Å². The average Bonchev–Trinajstić information content (AvgIpc) is 1.99. The second kappa shape index (κ2) is 3.90. The van der Waals surface area contributed by atoms with E-state index >= 15 is 0 Å². The van der Waals surface area contributed by atoms with Crippen molar-refractivity contribution < 1.29 is 0 Å². The Kier molecular flexibility index (Phi) is 3.37. The van der Waals surface area contributed by atoms with Crippen LogP contribution in [-0.4, -0.2) is 0 Å². The van der Waals surface area contributed by atoms with Crippen molar-refractivity contribution in [2.45, 2.75) is 6.54 Å². The van der Waals surface area contributed by atoms with Gasteiger partial charge in [-0.15, -0.1) is 0 Å². The van der Waals surface area contributed by atoms with Gasteiger partial charge in [0.25, 0.3) is 0 Å². The first-order valence-electron chi connectivity index (χ1n) is 2.98. The van der Waals surface area contributed by atoms with E-state index in [4.69, 9.17) is 17.3 Å². The molecule has 0 aromatic heterocycles. The van der Waals surface area contributed by atoms with Crippen molar-refractivity contribution in [3.63, 3.8) is 0 Å². The van der Waals surface area contributed by atoms with Crippen molar-refractivity contribution in [1.82, 2.24) is 0 Å². The highest BCUT2D eigenvalue weighted by atomic mass is 79.9. The Morgan fingerprint density at radius 3 is 2.09 bits per heavy atom. The summed E-state index contributed by atoms with van der Waals surface area (Å²) in [4.78, 5) is 0. The zero-order valence-corrected chi connectivity index (χ0v) is 9.50. The molecule has 0 atom stereocenters. The van der Waals surface area contributed by atoms with E-state index in [9.17, 15) is 0 Å². The van der Waals surface area contributed by atoms with E-state index in [2.05, 4.69) is 31.9 Å². The minimum Gasteiger partial charge on any atom is -0.326 e. The predicted octanol–water partition coefficient (Wildman–Crippen LogP) is 3.32. The summed E-state index contributed by atoms with van der Waals surface area (Å²) in [6.45, 7) is 0.522. The number of benzene rings is 1. The fraction of sp³-hybridized carbons (Fsp3) is 0.143. The van der Waals surface area contributed by atoms with Crippen LogP contribution in [-0.2, 0) is 6.54 Å². The summed E-state index contributed by atoms with van der Waals surface area (Å²) in [5.41, 5.74) is 6.50. The molecule has 1 aromatic rings. The molecule has 11 heavy (non-hydrogen) atoms. The second-order valence-corrected chi connectivity index (χ2v) is 4.16. The van der Waals surface area contributed by atoms with Crippen LogP contribution >= 0.6 is 43.5 Å². The molecule has 0 bridgehead atoms. The second-order valence-electron chi connectivity index (χ2n) is 2.08. The topological polar surface area (TPSA) is 26.0 Å². The molecule has 0 heterocycles. The maximum Gasteiger partial charge on any atom is 0.0690 e. The average molecular weight is 299 g/mol. The molecular formula is C7H6Br2ClN. The highest BCUT2D eigenvalue weighted by molar-refractivity contribution is 9.11. The minimum atomic E-state index is 0.522. The van der Waals surface area contributed by atoms with Gasteiger partial charge in [-0.1, -0.05) is 11.6 Å². The molecule has 0 unspecified atom stereocenters. The fourth-order valence-corrected chi connectivity index (χ4v) is 2.12. The number of rotatable bonds is 1. The van der Waals surface area contributed by atoms with Crippen molar-refractivity contribution in [1.29, 1.82) is 0 Å². The van der Waals surface area contributed by atoms with Gasteiger partial charge in [-0.05, 0) is 49.6 Å². The summed E-state index contributed by atoms with van der Waals surface area (Å²) in [7, 11) is 0. The van der Waals surface area contributed by atoms with Crippen LogP contribution in [0.1, 0.15) is 5.56 Å². The molecule has 0 fully saturated rings. The molecule has 2 N–H and O–H groups in total. The Hall–Kier alpha value is 0.430. The summed E-state index contributed by atoms with van der Waals surface area (Å²) < 4.78 is 1.74. The number of hydrogen-bond acceptors (Lipinski definition) is 1. The fourth-order valence-electron chi connectivity index (χ4n) is 0.726. The molecule has 1 nitrogen and oxygen atoms in total. The van der Waals surface area contributed by atoms with Gasteiger partial charge in [-0.25, -0.2) is 0 Å². The highest BCUT2D eigenvalue weighted by Gasteiger charge is 2.03. The van der Waals surface area contributed by atoms with Gasteiger partial charge in [0.1, 0.15) is 0 Å². The van der Waals surface area contributed by atoms with Crippen molar-refractivity contribution in [2.75, 3.05) is 0 Å². The Labute approximate surface area is 87.2 Å². The molecule has 0 radical (unpaired) electrons. The number of halogens is 3. The Bertz CT molecular complexity index is 252. The summed E-state index contributed by atoms with van der Waals surface area (Å²) in [5, 5.41) is 0.683. The number of nitrogens with two attached hydrogens (primary N) is 1. The minimum absolute atomic E-state index is 0.522. The van der Waals surface area contributed by atoms with Crippen LogP contribution in [0, 0.1) is 0 Å². The highest BCUT2D eigenvalue weighted by Crippen LogP contribution is 2.31. The van der Waals surface area contributed by atoms with E-state index in [0.29, 0.717) is 11.6 Å². The Balaban J connectivity index is 3.21. The monoisotopic (exact) mass is 297 g/mol. The van der Waals surface area contributed by atoms with E-state index in [1.54, 1.807) is 0 Å². The van der Waals surface area contributed by atoms with Gasteiger partial charge in [0, 0.05) is 15.5 Å². The summed E-state index contributed by atoms with van der Waals surface area (Å²) in [6.07, 6.45) is 0. The van der Waals surface area contributed by atoms with Gasteiger partial charge >= 0.3 is 0 Å². The largest absolute Gasteiger partial charge is 0.326 e. The standard InChI is InChI=1S/C7H6Br2ClN/c8-5-1-4(3-11)2-6(9)7(5)10/h1-2H,3,11H2. The van der Waals surface area contributed by atoms with Crippen molar-refractivity contribution in [3.8, 4) is 0 Å². The lowest BCUT2D eigenvalue weighted by atomic mass is 10.2. The summed E-state index contributed by atoms with van der Waals surface area (Å²) >= 11 is 12.5. The van der Waals surface area contributed by atoms with Crippen LogP contribution in [0.15, 0.2) is 21.1 Å². The van der Waals surface area contributed by atoms with E-state index < -0.39 is 0 Å². The first-order chi connectivity index (χ1) is 5.15. The van der Waals surface area contributed by atoms with Crippen LogP contribution in [0.5, 0.6) is 0 Å². The lowest BCUT2D eigenvalue weighted by Gasteiger charge is -2.02. The van der Waals surface area contributed by atoms with Crippen molar-refractivity contribution in [3.05, 3.63) is 31.7 Å². The van der Waals surface area contributed by atoms with Gasteiger partial charge in [-0.3, -0.25) is 0 Å². The van der Waals surface area contributed by atoms with Crippen molar-refractivity contribution >= 4 is 43.5 Å². The van der Waals surface area contributed by atoms with Crippen molar-refractivity contribution in [2.24, 2.45) is 5.73 Å². The first kappa shape index (κ1) is 9.52. The van der Waals surface area contributed by atoms with Crippen LogP contribution in [0.25, 0.3) is 0 Å². The third-order valence-electron chi connectivity index (χ3n) is 1.28. The molecule has 60 valence electrons. The molecule has 1 aromatic carbocycles. The lowest BCUT2D eigenvalue weighted by Crippen LogP contribution is -1.95. The SMILES string of the molecule is NCc1cc(Br)c(Cl)c(Br)c1. The lowest BCUT2D eigenvalue weighted by molar-refractivity contribution is 1.07. The molecule has 0 saturated carbocycles. The van der Waals surface area contributed by atoms with Gasteiger partial charge in [0.05, 0.1) is 5.02 Å². The zero-order chi connectivity index (χ0) is 8.43. The molecule has 4 heteroatoms. The van der Waals surface area contributed by atoms with Crippen LogP contribution < -0.4 is 5.73 Å². The maximum absolute atomic E-state index is 5.87. The molecule has 0 aliphatic heterocycles. The van der Waals surface area contributed by atoms with Crippen LogP contribution in [0.4, 0.5) is 0 Å². The quantitative estimate of drug-likeness (QED) is 0.791. The van der Waals surface area contributed by atoms with E-state index in [1.807, 2.05) is 12.1 Å². The smallest absolute Gasteiger partial charge is 0.0690 e.